The number of piperidine rings is 1. The van der Waals surface area contributed by atoms with Crippen LogP contribution >= 0.6 is 0 Å². The number of benzene rings is 2. The lowest BCUT2D eigenvalue weighted by Gasteiger charge is -2.30. The first-order valence-corrected chi connectivity index (χ1v) is 10.6. The molecule has 152 valence electrons. The molecule has 2 aliphatic heterocycles. The molecule has 0 radical (unpaired) electrons. The Bertz CT molecular complexity index is 842. The number of anilines is 1. The Labute approximate surface area is 172 Å². The molecule has 4 rings (SSSR count). The van der Waals surface area contributed by atoms with Crippen molar-refractivity contribution in [1.29, 1.82) is 0 Å². The second-order valence-electron chi connectivity index (χ2n) is 8.44. The molecular formula is C24H30N3O2+. The van der Waals surface area contributed by atoms with Crippen LogP contribution in [0.3, 0.4) is 0 Å². The fourth-order valence-electron chi connectivity index (χ4n) is 4.41. The van der Waals surface area contributed by atoms with Crippen molar-refractivity contribution in [3.05, 3.63) is 65.7 Å². The summed E-state index contributed by atoms with van der Waals surface area (Å²) in [6, 6.07) is 18.7. The van der Waals surface area contributed by atoms with Crippen LogP contribution in [-0.4, -0.2) is 37.5 Å². The molecule has 2 amide bonds. The molecular weight excluding hydrogens is 362 g/mol. The highest BCUT2D eigenvalue weighted by Gasteiger charge is 2.36. The van der Waals surface area contributed by atoms with Crippen LogP contribution in [0.2, 0.25) is 0 Å². The van der Waals surface area contributed by atoms with Crippen LogP contribution < -0.4 is 15.1 Å². The maximum absolute atomic E-state index is 12.8. The number of nitrogens with one attached hydrogen (secondary N) is 2. The molecule has 0 aromatic heterocycles. The zero-order chi connectivity index (χ0) is 20.2. The molecule has 2 heterocycles. The molecule has 2 saturated heterocycles. The number of aryl methyl sites for hydroxylation is 1. The number of nitrogens with zero attached hydrogens (tertiary/aromatic N) is 1. The first-order valence-electron chi connectivity index (χ1n) is 10.6. The monoisotopic (exact) mass is 392 g/mol. The van der Waals surface area contributed by atoms with Gasteiger partial charge in [0.15, 0.2) is 0 Å². The van der Waals surface area contributed by atoms with Gasteiger partial charge in [0, 0.05) is 43.1 Å². The molecule has 0 bridgehead atoms. The van der Waals surface area contributed by atoms with Crippen LogP contribution in [0.5, 0.6) is 0 Å². The Hall–Kier alpha value is -2.66. The van der Waals surface area contributed by atoms with E-state index in [0.717, 1.165) is 43.7 Å². The zero-order valence-corrected chi connectivity index (χ0v) is 17.1. The molecule has 29 heavy (non-hydrogen) atoms. The molecule has 0 saturated carbocycles. The molecule has 2 aromatic rings. The number of hydrogen-bond acceptors (Lipinski definition) is 2. The number of carbonyl (C=O) groups excluding carboxylic acids is 2. The summed E-state index contributed by atoms with van der Waals surface area (Å²) in [5.74, 6) is -0.181. The fraction of sp³-hybridized carbons (Fsp3) is 0.417. The Morgan fingerprint density at radius 2 is 1.76 bits per heavy atom. The second kappa shape index (κ2) is 8.78. The third kappa shape index (κ3) is 4.85. The number of amides is 2. The highest BCUT2D eigenvalue weighted by Crippen LogP contribution is 2.25. The lowest BCUT2D eigenvalue weighted by molar-refractivity contribution is -0.918. The fourth-order valence-corrected chi connectivity index (χ4v) is 4.41. The number of likely N-dealkylation sites (tertiary alicyclic amines) is 1. The topological polar surface area (TPSA) is 53.9 Å². The van der Waals surface area contributed by atoms with Crippen LogP contribution in [0.15, 0.2) is 54.6 Å². The summed E-state index contributed by atoms with van der Waals surface area (Å²) in [6.45, 7) is 5.69. The number of rotatable bonds is 5. The molecule has 1 atom stereocenters. The van der Waals surface area contributed by atoms with E-state index in [9.17, 15) is 9.59 Å². The van der Waals surface area contributed by atoms with Gasteiger partial charge < -0.3 is 15.1 Å². The third-order valence-corrected chi connectivity index (χ3v) is 6.18. The van der Waals surface area contributed by atoms with E-state index in [1.807, 2.05) is 37.3 Å². The Balaban J connectivity index is 1.26. The molecule has 5 nitrogen and oxygen atoms in total. The Morgan fingerprint density at radius 1 is 1.07 bits per heavy atom. The largest absolute Gasteiger partial charge is 0.353 e. The van der Waals surface area contributed by atoms with Gasteiger partial charge in [0.2, 0.25) is 11.8 Å². The van der Waals surface area contributed by atoms with E-state index < -0.39 is 0 Å². The van der Waals surface area contributed by atoms with Crippen molar-refractivity contribution in [1.82, 2.24) is 5.32 Å². The zero-order valence-electron chi connectivity index (χ0n) is 17.1. The molecule has 0 aliphatic carbocycles. The van der Waals surface area contributed by atoms with Crippen molar-refractivity contribution >= 4 is 17.5 Å². The SMILES string of the molecule is Cc1ccc(N2C[C@@H](C(=O)NC3CC[NH+](Cc4ccccc4)CC3)CC2=O)cc1. The van der Waals surface area contributed by atoms with Gasteiger partial charge in [0.1, 0.15) is 6.54 Å². The van der Waals surface area contributed by atoms with Gasteiger partial charge in [-0.15, -0.1) is 0 Å². The van der Waals surface area contributed by atoms with Gasteiger partial charge in [0.25, 0.3) is 0 Å². The van der Waals surface area contributed by atoms with Crippen molar-refractivity contribution in [3.63, 3.8) is 0 Å². The standard InChI is InChI=1S/C24H29N3O2/c1-18-7-9-22(10-8-18)27-17-20(15-23(27)28)24(29)25-21-11-13-26(14-12-21)16-19-5-3-2-4-6-19/h2-10,20-21H,11-17H2,1H3,(H,25,29)/p+1/t20-/m0/s1. The molecule has 5 heteroatoms. The lowest BCUT2D eigenvalue weighted by atomic mass is 10.0. The average Bonchev–Trinajstić information content (AvgIpc) is 3.13. The third-order valence-electron chi connectivity index (χ3n) is 6.18. The minimum atomic E-state index is -0.251. The van der Waals surface area contributed by atoms with Gasteiger partial charge in [-0.1, -0.05) is 48.0 Å². The van der Waals surface area contributed by atoms with E-state index in [1.54, 1.807) is 9.80 Å². The summed E-state index contributed by atoms with van der Waals surface area (Å²) >= 11 is 0. The Morgan fingerprint density at radius 3 is 2.45 bits per heavy atom. The second-order valence-corrected chi connectivity index (χ2v) is 8.44. The van der Waals surface area contributed by atoms with Crippen LogP contribution in [0.25, 0.3) is 0 Å². The molecule has 2 aliphatic rings. The van der Waals surface area contributed by atoms with Crippen molar-refractivity contribution in [2.75, 3.05) is 24.5 Å². The van der Waals surface area contributed by atoms with Crippen molar-refractivity contribution in [3.8, 4) is 0 Å². The van der Waals surface area contributed by atoms with E-state index in [2.05, 4.69) is 29.6 Å². The number of carbonyl (C=O) groups is 2. The normalized spacial score (nSPS) is 24.5. The van der Waals surface area contributed by atoms with E-state index in [0.29, 0.717) is 13.0 Å². The molecule has 2 N–H and O–H groups in total. The van der Waals surface area contributed by atoms with Gasteiger partial charge in [-0.2, -0.15) is 0 Å². The average molecular weight is 393 g/mol. The molecule has 0 spiro atoms. The highest BCUT2D eigenvalue weighted by molar-refractivity contribution is 6.00. The minimum Gasteiger partial charge on any atom is -0.353 e. The highest BCUT2D eigenvalue weighted by atomic mass is 16.2. The van der Waals surface area contributed by atoms with E-state index in [1.165, 1.54) is 5.56 Å². The quantitative estimate of drug-likeness (QED) is 0.814. The predicted octanol–water partition coefficient (Wildman–Crippen LogP) is 1.71. The molecule has 2 aromatic carbocycles. The summed E-state index contributed by atoms with van der Waals surface area (Å²) in [6.07, 6.45) is 2.30. The van der Waals surface area contributed by atoms with E-state index in [-0.39, 0.29) is 23.8 Å². The predicted molar refractivity (Wildman–Crippen MR) is 114 cm³/mol. The van der Waals surface area contributed by atoms with E-state index >= 15 is 0 Å². The first-order chi connectivity index (χ1) is 14.1. The molecule has 0 unspecified atom stereocenters. The van der Waals surface area contributed by atoms with Gasteiger partial charge in [-0.3, -0.25) is 9.59 Å². The van der Waals surface area contributed by atoms with Crippen LogP contribution in [0.1, 0.15) is 30.4 Å². The summed E-state index contributed by atoms with van der Waals surface area (Å²) in [5, 5.41) is 3.22. The summed E-state index contributed by atoms with van der Waals surface area (Å²) in [4.78, 5) is 28.5. The Kier molecular flexibility index (Phi) is 5.95. The van der Waals surface area contributed by atoms with Crippen molar-refractivity contribution < 1.29 is 14.5 Å². The van der Waals surface area contributed by atoms with Gasteiger partial charge in [-0.05, 0) is 19.1 Å². The van der Waals surface area contributed by atoms with E-state index in [4.69, 9.17) is 0 Å². The smallest absolute Gasteiger partial charge is 0.227 e. The number of hydrogen-bond donors (Lipinski definition) is 2. The van der Waals surface area contributed by atoms with Crippen LogP contribution in [-0.2, 0) is 16.1 Å². The first kappa shape index (κ1) is 19.6. The molecule has 2 fully saturated rings. The number of quaternary nitrogens is 1. The minimum absolute atomic E-state index is 0.0319. The summed E-state index contributed by atoms with van der Waals surface area (Å²) in [5.41, 5.74) is 3.41. The van der Waals surface area contributed by atoms with Gasteiger partial charge in [0.05, 0.1) is 19.0 Å². The maximum Gasteiger partial charge on any atom is 0.227 e. The summed E-state index contributed by atoms with van der Waals surface area (Å²) < 4.78 is 0. The van der Waals surface area contributed by atoms with Gasteiger partial charge in [-0.25, -0.2) is 0 Å². The maximum atomic E-state index is 12.8. The van der Waals surface area contributed by atoms with Crippen molar-refractivity contribution in [2.24, 2.45) is 5.92 Å². The lowest BCUT2D eigenvalue weighted by Crippen LogP contribution is -3.12. The van der Waals surface area contributed by atoms with Gasteiger partial charge >= 0.3 is 0 Å². The van der Waals surface area contributed by atoms with Crippen LogP contribution in [0, 0.1) is 12.8 Å². The van der Waals surface area contributed by atoms with Crippen LogP contribution in [0.4, 0.5) is 5.69 Å². The van der Waals surface area contributed by atoms with Crippen molar-refractivity contribution in [2.45, 2.75) is 38.8 Å². The summed E-state index contributed by atoms with van der Waals surface area (Å²) in [7, 11) is 0.